The van der Waals surface area contributed by atoms with E-state index in [1.165, 1.54) is 12.8 Å². The van der Waals surface area contributed by atoms with E-state index >= 15 is 0 Å². The molecular weight excluding hydrogens is 182 g/mol. The van der Waals surface area contributed by atoms with Crippen molar-refractivity contribution in [3.05, 3.63) is 12.4 Å². The SMILES string of the molecule is CC(CNC1CC1)Sc1ncc[nH]1. The molecule has 0 radical (unpaired) electrons. The highest BCUT2D eigenvalue weighted by molar-refractivity contribution is 7.99. The lowest BCUT2D eigenvalue weighted by Gasteiger charge is -2.09. The van der Waals surface area contributed by atoms with Gasteiger partial charge in [0.15, 0.2) is 5.16 Å². The molecule has 1 fully saturated rings. The van der Waals surface area contributed by atoms with Gasteiger partial charge in [0.05, 0.1) is 0 Å². The van der Waals surface area contributed by atoms with Gasteiger partial charge in [-0.15, -0.1) is 0 Å². The fourth-order valence-corrected chi connectivity index (χ4v) is 1.99. The molecule has 1 aromatic heterocycles. The van der Waals surface area contributed by atoms with Crippen LogP contribution in [0.2, 0.25) is 0 Å². The highest BCUT2D eigenvalue weighted by Gasteiger charge is 2.21. The molecule has 0 aliphatic heterocycles. The molecule has 1 saturated carbocycles. The molecule has 1 heterocycles. The van der Waals surface area contributed by atoms with E-state index in [1.54, 1.807) is 18.0 Å². The first-order chi connectivity index (χ1) is 6.34. The maximum absolute atomic E-state index is 4.18. The number of imidazole rings is 1. The first-order valence-electron chi connectivity index (χ1n) is 4.74. The zero-order chi connectivity index (χ0) is 9.10. The zero-order valence-electron chi connectivity index (χ0n) is 7.79. The number of aromatic nitrogens is 2. The third-order valence-electron chi connectivity index (χ3n) is 2.06. The predicted octanol–water partition coefficient (Wildman–Crippen LogP) is 1.64. The van der Waals surface area contributed by atoms with Gasteiger partial charge < -0.3 is 10.3 Å². The van der Waals surface area contributed by atoms with Gasteiger partial charge in [0.2, 0.25) is 0 Å². The van der Waals surface area contributed by atoms with Gasteiger partial charge >= 0.3 is 0 Å². The van der Waals surface area contributed by atoms with Crippen molar-refractivity contribution < 1.29 is 0 Å². The number of aromatic amines is 1. The molecule has 1 unspecified atom stereocenters. The number of nitrogens with one attached hydrogen (secondary N) is 2. The lowest BCUT2D eigenvalue weighted by atomic mass is 10.4. The van der Waals surface area contributed by atoms with Crippen LogP contribution < -0.4 is 5.32 Å². The van der Waals surface area contributed by atoms with Gasteiger partial charge in [-0.2, -0.15) is 0 Å². The number of hydrogen-bond acceptors (Lipinski definition) is 3. The molecule has 13 heavy (non-hydrogen) atoms. The van der Waals surface area contributed by atoms with Crippen LogP contribution in [0.1, 0.15) is 19.8 Å². The molecule has 0 spiro atoms. The van der Waals surface area contributed by atoms with Crippen LogP contribution in [0.3, 0.4) is 0 Å². The van der Waals surface area contributed by atoms with Gasteiger partial charge in [0.1, 0.15) is 0 Å². The molecular formula is C9H15N3S. The van der Waals surface area contributed by atoms with Crippen LogP contribution in [0.25, 0.3) is 0 Å². The largest absolute Gasteiger partial charge is 0.340 e. The molecule has 3 nitrogen and oxygen atoms in total. The molecule has 1 aromatic rings. The van der Waals surface area contributed by atoms with Crippen LogP contribution in [0.15, 0.2) is 17.6 Å². The molecule has 1 aliphatic rings. The number of rotatable bonds is 5. The number of nitrogens with zero attached hydrogens (tertiary/aromatic N) is 1. The van der Waals surface area contributed by atoms with E-state index in [1.807, 2.05) is 6.20 Å². The molecule has 2 rings (SSSR count). The summed E-state index contributed by atoms with van der Waals surface area (Å²) < 4.78 is 0. The van der Waals surface area contributed by atoms with Crippen molar-refractivity contribution in [3.8, 4) is 0 Å². The van der Waals surface area contributed by atoms with Gasteiger partial charge in [-0.3, -0.25) is 0 Å². The highest BCUT2D eigenvalue weighted by atomic mass is 32.2. The number of hydrogen-bond donors (Lipinski definition) is 2. The van der Waals surface area contributed by atoms with Gasteiger partial charge in [-0.1, -0.05) is 18.7 Å². The van der Waals surface area contributed by atoms with E-state index in [9.17, 15) is 0 Å². The Kier molecular flexibility index (Phi) is 2.90. The summed E-state index contributed by atoms with van der Waals surface area (Å²) in [6.07, 6.45) is 6.38. The van der Waals surface area contributed by atoms with Crippen molar-refractivity contribution >= 4 is 11.8 Å². The van der Waals surface area contributed by atoms with Gasteiger partial charge in [0, 0.05) is 30.2 Å². The monoisotopic (exact) mass is 197 g/mol. The van der Waals surface area contributed by atoms with Crippen LogP contribution in [0, 0.1) is 0 Å². The van der Waals surface area contributed by atoms with Crippen LogP contribution >= 0.6 is 11.8 Å². The maximum Gasteiger partial charge on any atom is 0.165 e. The number of thioether (sulfide) groups is 1. The lowest BCUT2D eigenvalue weighted by Crippen LogP contribution is -2.24. The van der Waals surface area contributed by atoms with Crippen LogP contribution in [-0.2, 0) is 0 Å². The molecule has 4 heteroatoms. The van der Waals surface area contributed by atoms with Gasteiger partial charge in [0.25, 0.3) is 0 Å². The summed E-state index contributed by atoms with van der Waals surface area (Å²) in [5, 5.41) is 5.11. The second kappa shape index (κ2) is 4.15. The van der Waals surface area contributed by atoms with Crippen LogP contribution in [-0.4, -0.2) is 27.8 Å². The topological polar surface area (TPSA) is 40.7 Å². The second-order valence-electron chi connectivity index (χ2n) is 3.51. The predicted molar refractivity (Wildman–Crippen MR) is 54.9 cm³/mol. The van der Waals surface area contributed by atoms with E-state index in [2.05, 4.69) is 22.2 Å². The van der Waals surface area contributed by atoms with Crippen molar-refractivity contribution in [3.63, 3.8) is 0 Å². The summed E-state index contributed by atoms with van der Waals surface area (Å²) in [6.45, 7) is 3.30. The second-order valence-corrected chi connectivity index (χ2v) is 4.93. The highest BCUT2D eigenvalue weighted by Crippen LogP contribution is 2.21. The fourth-order valence-electron chi connectivity index (χ4n) is 1.17. The third kappa shape index (κ3) is 3.04. The zero-order valence-corrected chi connectivity index (χ0v) is 8.60. The standard InChI is InChI=1S/C9H15N3S/c1-7(6-12-8-2-3-8)13-9-10-4-5-11-9/h4-5,7-8,12H,2-3,6H2,1H3,(H,10,11). The van der Waals surface area contributed by atoms with Crippen molar-refractivity contribution in [2.75, 3.05) is 6.54 Å². The molecule has 0 saturated heterocycles. The summed E-state index contributed by atoms with van der Waals surface area (Å²) in [6, 6.07) is 0.805. The van der Waals surface area contributed by atoms with E-state index < -0.39 is 0 Å². The molecule has 0 aromatic carbocycles. The average Bonchev–Trinajstić information content (AvgIpc) is 2.82. The van der Waals surface area contributed by atoms with E-state index in [4.69, 9.17) is 0 Å². The van der Waals surface area contributed by atoms with E-state index in [0.29, 0.717) is 5.25 Å². The third-order valence-corrected chi connectivity index (χ3v) is 3.07. The van der Waals surface area contributed by atoms with Gasteiger partial charge in [-0.05, 0) is 12.8 Å². The smallest absolute Gasteiger partial charge is 0.165 e. The van der Waals surface area contributed by atoms with Crippen molar-refractivity contribution in [1.82, 2.24) is 15.3 Å². The first kappa shape index (κ1) is 9.09. The average molecular weight is 197 g/mol. The Balaban J connectivity index is 1.68. The first-order valence-corrected chi connectivity index (χ1v) is 5.62. The van der Waals surface area contributed by atoms with Crippen LogP contribution in [0.4, 0.5) is 0 Å². The molecule has 72 valence electrons. The van der Waals surface area contributed by atoms with Crippen LogP contribution in [0.5, 0.6) is 0 Å². The normalized spacial score (nSPS) is 18.8. The summed E-state index contributed by atoms with van der Waals surface area (Å²) in [5.41, 5.74) is 0. The minimum atomic E-state index is 0.590. The summed E-state index contributed by atoms with van der Waals surface area (Å²) in [5.74, 6) is 0. The molecule has 0 bridgehead atoms. The Morgan fingerprint density at radius 3 is 3.23 bits per heavy atom. The Hall–Kier alpha value is -0.480. The minimum absolute atomic E-state index is 0.590. The molecule has 1 atom stereocenters. The Labute approximate surface area is 82.7 Å². The number of H-pyrrole nitrogens is 1. The molecule has 1 aliphatic carbocycles. The van der Waals surface area contributed by atoms with Crippen molar-refractivity contribution in [2.45, 2.75) is 36.2 Å². The molecule has 0 amide bonds. The molecule has 2 N–H and O–H groups in total. The van der Waals surface area contributed by atoms with Crippen molar-refractivity contribution in [2.24, 2.45) is 0 Å². The Bertz CT molecular complexity index is 243. The Morgan fingerprint density at radius 2 is 2.62 bits per heavy atom. The summed E-state index contributed by atoms with van der Waals surface area (Å²) >= 11 is 1.79. The van der Waals surface area contributed by atoms with E-state index in [0.717, 1.165) is 17.7 Å². The fraction of sp³-hybridized carbons (Fsp3) is 0.667. The maximum atomic E-state index is 4.18. The van der Waals surface area contributed by atoms with Gasteiger partial charge in [-0.25, -0.2) is 4.98 Å². The minimum Gasteiger partial charge on any atom is -0.340 e. The quantitative estimate of drug-likeness (QED) is 0.705. The van der Waals surface area contributed by atoms with E-state index in [-0.39, 0.29) is 0 Å². The lowest BCUT2D eigenvalue weighted by molar-refractivity contribution is 0.678. The summed E-state index contributed by atoms with van der Waals surface area (Å²) in [4.78, 5) is 7.27. The summed E-state index contributed by atoms with van der Waals surface area (Å²) in [7, 11) is 0. The Morgan fingerprint density at radius 1 is 1.77 bits per heavy atom. The van der Waals surface area contributed by atoms with Crippen molar-refractivity contribution in [1.29, 1.82) is 0 Å².